The van der Waals surface area contributed by atoms with Crippen LogP contribution in [-0.2, 0) is 13.2 Å². The van der Waals surface area contributed by atoms with Crippen molar-refractivity contribution in [2.45, 2.75) is 13.2 Å². The molecule has 6 heteroatoms. The first kappa shape index (κ1) is 22.6. The summed E-state index contributed by atoms with van der Waals surface area (Å²) in [6, 6.07) is 24.2. The fourth-order valence-corrected chi connectivity index (χ4v) is 4.32. The fraction of sp³-hybridized carbons (Fsp3) is 0.269. The molecule has 0 N–H and O–H groups in total. The molecular weight excluding hydrogens is 440 g/mol. The van der Waals surface area contributed by atoms with E-state index in [-0.39, 0.29) is 0 Å². The summed E-state index contributed by atoms with van der Waals surface area (Å²) in [6.07, 6.45) is 0. The highest BCUT2D eigenvalue weighted by Gasteiger charge is 2.21. The van der Waals surface area contributed by atoms with Crippen LogP contribution in [0.4, 0.5) is 0 Å². The molecule has 0 atom stereocenters. The van der Waals surface area contributed by atoms with E-state index in [0.717, 1.165) is 48.8 Å². The smallest absolute Gasteiger partial charge is 0.161 e. The molecule has 0 saturated carbocycles. The van der Waals surface area contributed by atoms with Crippen LogP contribution >= 0.6 is 23.8 Å². The van der Waals surface area contributed by atoms with Gasteiger partial charge in [-0.15, -0.1) is 0 Å². The number of piperazine rings is 1. The van der Waals surface area contributed by atoms with Gasteiger partial charge in [0.1, 0.15) is 11.6 Å². The molecule has 0 amide bonds. The Bertz CT molecular complexity index is 1050. The molecular formula is C26H27ClN2O2S. The minimum atomic E-state index is 0.378. The van der Waals surface area contributed by atoms with Gasteiger partial charge in [-0.2, -0.15) is 0 Å². The molecule has 1 fully saturated rings. The van der Waals surface area contributed by atoms with Crippen molar-refractivity contribution in [2.75, 3.05) is 33.3 Å². The number of halogens is 1. The minimum absolute atomic E-state index is 0.378. The molecule has 4 nitrogen and oxygen atoms in total. The van der Waals surface area contributed by atoms with Crippen molar-refractivity contribution >= 4 is 28.8 Å². The first-order chi connectivity index (χ1) is 15.6. The predicted molar refractivity (Wildman–Crippen MR) is 134 cm³/mol. The van der Waals surface area contributed by atoms with E-state index in [1.807, 2.05) is 42.5 Å². The molecule has 166 valence electrons. The zero-order chi connectivity index (χ0) is 22.3. The van der Waals surface area contributed by atoms with Crippen molar-refractivity contribution in [3.63, 3.8) is 0 Å². The first-order valence-corrected chi connectivity index (χ1v) is 11.5. The van der Waals surface area contributed by atoms with Gasteiger partial charge in [-0.3, -0.25) is 4.90 Å². The van der Waals surface area contributed by atoms with Crippen molar-refractivity contribution in [2.24, 2.45) is 0 Å². The Morgan fingerprint density at radius 3 is 2.34 bits per heavy atom. The lowest BCUT2D eigenvalue weighted by Crippen LogP contribution is -2.48. The van der Waals surface area contributed by atoms with Crippen LogP contribution in [0, 0.1) is 0 Å². The molecule has 1 heterocycles. The van der Waals surface area contributed by atoms with Crippen LogP contribution in [0.5, 0.6) is 11.5 Å². The molecule has 0 radical (unpaired) electrons. The Balaban J connectivity index is 1.36. The van der Waals surface area contributed by atoms with E-state index in [4.69, 9.17) is 33.3 Å². The number of methoxy groups -OCH3 is 1. The summed E-state index contributed by atoms with van der Waals surface area (Å²) in [5, 5.41) is 0.690. The topological polar surface area (TPSA) is 24.9 Å². The van der Waals surface area contributed by atoms with Crippen molar-refractivity contribution < 1.29 is 9.47 Å². The van der Waals surface area contributed by atoms with Crippen molar-refractivity contribution in [1.29, 1.82) is 0 Å². The Hall–Kier alpha value is -2.60. The summed E-state index contributed by atoms with van der Waals surface area (Å²) in [4.78, 5) is 5.59. The van der Waals surface area contributed by atoms with E-state index in [1.54, 1.807) is 7.11 Å². The summed E-state index contributed by atoms with van der Waals surface area (Å²) < 4.78 is 11.6. The van der Waals surface area contributed by atoms with Crippen molar-refractivity contribution in [3.05, 3.63) is 94.5 Å². The highest BCUT2D eigenvalue weighted by molar-refractivity contribution is 7.80. The zero-order valence-corrected chi connectivity index (χ0v) is 19.7. The lowest BCUT2D eigenvalue weighted by atomic mass is 10.1. The van der Waals surface area contributed by atoms with E-state index in [9.17, 15) is 0 Å². The quantitative estimate of drug-likeness (QED) is 0.433. The van der Waals surface area contributed by atoms with Crippen LogP contribution in [0.1, 0.15) is 16.7 Å². The molecule has 0 bridgehead atoms. The summed E-state index contributed by atoms with van der Waals surface area (Å²) in [5.74, 6) is 1.34. The van der Waals surface area contributed by atoms with E-state index in [0.29, 0.717) is 23.1 Å². The van der Waals surface area contributed by atoms with Crippen LogP contribution in [0.15, 0.2) is 72.8 Å². The van der Waals surface area contributed by atoms with Gasteiger partial charge in [0.05, 0.1) is 7.11 Å². The maximum atomic E-state index is 6.24. The monoisotopic (exact) mass is 466 g/mol. The van der Waals surface area contributed by atoms with Gasteiger partial charge in [0, 0.05) is 48.9 Å². The zero-order valence-electron chi connectivity index (χ0n) is 18.2. The highest BCUT2D eigenvalue weighted by Crippen LogP contribution is 2.30. The number of ether oxygens (including phenoxy) is 2. The van der Waals surface area contributed by atoms with Crippen LogP contribution in [0.3, 0.4) is 0 Å². The van der Waals surface area contributed by atoms with Gasteiger partial charge >= 0.3 is 0 Å². The Labute approximate surface area is 200 Å². The third-order valence-corrected chi connectivity index (χ3v) is 6.52. The normalized spacial score (nSPS) is 14.2. The minimum Gasteiger partial charge on any atom is -0.493 e. The molecule has 1 saturated heterocycles. The summed E-state index contributed by atoms with van der Waals surface area (Å²) in [6.45, 7) is 5.17. The standard InChI is InChI=1S/C26H27ClN2O2S/c1-30-25-17-21(11-12-24(25)31-19-22-9-5-6-10-23(22)27)26(32)29-15-13-28(14-16-29)18-20-7-3-2-4-8-20/h2-12,17H,13-16,18-19H2,1H3. The van der Waals surface area contributed by atoms with Gasteiger partial charge < -0.3 is 14.4 Å². The Kier molecular flexibility index (Phi) is 7.63. The number of benzene rings is 3. The highest BCUT2D eigenvalue weighted by atomic mass is 35.5. The number of hydrogen-bond acceptors (Lipinski definition) is 4. The second-order valence-electron chi connectivity index (χ2n) is 7.80. The molecule has 0 aliphatic carbocycles. The average molecular weight is 467 g/mol. The van der Waals surface area contributed by atoms with Gasteiger partial charge in [0.25, 0.3) is 0 Å². The number of hydrogen-bond donors (Lipinski definition) is 0. The average Bonchev–Trinajstić information content (AvgIpc) is 2.84. The third-order valence-electron chi connectivity index (χ3n) is 5.66. The van der Waals surface area contributed by atoms with Crippen molar-refractivity contribution in [3.8, 4) is 11.5 Å². The molecule has 3 aromatic carbocycles. The van der Waals surface area contributed by atoms with E-state index in [2.05, 4.69) is 40.1 Å². The third kappa shape index (κ3) is 5.60. The second kappa shape index (κ2) is 10.8. The van der Waals surface area contributed by atoms with Crippen LogP contribution < -0.4 is 9.47 Å². The Morgan fingerprint density at radius 1 is 0.906 bits per heavy atom. The van der Waals surface area contributed by atoms with Gasteiger partial charge in [0.15, 0.2) is 11.5 Å². The summed E-state index contributed by atoms with van der Waals surface area (Å²) in [5.41, 5.74) is 3.25. The molecule has 1 aliphatic rings. The van der Waals surface area contributed by atoms with E-state index >= 15 is 0 Å². The molecule has 0 spiro atoms. The van der Waals surface area contributed by atoms with Crippen LogP contribution in [-0.4, -0.2) is 48.1 Å². The first-order valence-electron chi connectivity index (χ1n) is 10.7. The Morgan fingerprint density at radius 2 is 1.62 bits per heavy atom. The molecule has 1 aliphatic heterocycles. The van der Waals surface area contributed by atoms with Crippen LogP contribution in [0.2, 0.25) is 5.02 Å². The second-order valence-corrected chi connectivity index (χ2v) is 8.59. The SMILES string of the molecule is COc1cc(C(=S)N2CCN(Cc3ccccc3)CC2)ccc1OCc1ccccc1Cl. The molecule has 0 aromatic heterocycles. The van der Waals surface area contributed by atoms with E-state index < -0.39 is 0 Å². The lowest BCUT2D eigenvalue weighted by molar-refractivity contribution is 0.177. The number of thiocarbonyl (C=S) groups is 1. The van der Waals surface area contributed by atoms with Crippen LogP contribution in [0.25, 0.3) is 0 Å². The number of nitrogens with zero attached hydrogens (tertiary/aromatic N) is 2. The van der Waals surface area contributed by atoms with E-state index in [1.165, 1.54) is 5.56 Å². The maximum Gasteiger partial charge on any atom is 0.161 e. The predicted octanol–water partition coefficient (Wildman–Crippen LogP) is 5.42. The fourth-order valence-electron chi connectivity index (χ4n) is 3.82. The summed E-state index contributed by atoms with van der Waals surface area (Å²) in [7, 11) is 1.65. The molecule has 0 unspecified atom stereocenters. The lowest BCUT2D eigenvalue weighted by Gasteiger charge is -2.36. The maximum absolute atomic E-state index is 6.24. The number of rotatable bonds is 7. The van der Waals surface area contributed by atoms with Crippen molar-refractivity contribution in [1.82, 2.24) is 9.80 Å². The van der Waals surface area contributed by atoms with Gasteiger partial charge in [0.2, 0.25) is 0 Å². The summed E-state index contributed by atoms with van der Waals surface area (Å²) >= 11 is 12.0. The van der Waals surface area contributed by atoms with Gasteiger partial charge in [-0.1, -0.05) is 72.3 Å². The molecule has 3 aromatic rings. The van der Waals surface area contributed by atoms with Gasteiger partial charge in [-0.25, -0.2) is 0 Å². The van der Waals surface area contributed by atoms with Gasteiger partial charge in [-0.05, 0) is 29.8 Å². The molecule has 32 heavy (non-hydrogen) atoms. The largest absolute Gasteiger partial charge is 0.493 e. The molecule has 4 rings (SSSR count).